The number of ketones is 2. The summed E-state index contributed by atoms with van der Waals surface area (Å²) in [6.45, 7) is 11.0. The summed E-state index contributed by atoms with van der Waals surface area (Å²) < 4.78 is 0. The molecule has 0 amide bonds. The van der Waals surface area contributed by atoms with Gasteiger partial charge in [-0.1, -0.05) is 12.1 Å². The van der Waals surface area contributed by atoms with Crippen molar-refractivity contribution in [2.24, 2.45) is 0 Å². The van der Waals surface area contributed by atoms with Crippen LogP contribution >= 0.6 is 0 Å². The molecule has 1 atom stereocenters. The highest BCUT2D eigenvalue weighted by Gasteiger charge is 2.23. The molecule has 2 N–H and O–H groups in total. The zero-order valence-corrected chi connectivity index (χ0v) is 14.6. The van der Waals surface area contributed by atoms with E-state index >= 15 is 0 Å². The lowest BCUT2D eigenvalue weighted by molar-refractivity contribution is 0.0970. The summed E-state index contributed by atoms with van der Waals surface area (Å²) in [5.41, 5.74) is 5.80. The molecule has 1 aromatic heterocycles. The van der Waals surface area contributed by atoms with E-state index in [-0.39, 0.29) is 17.6 Å². The standard InChI is InChI=1S/C19H24N2O2/c1-10-7-8-11(2)16(9-10)20-14(5)19(23)18-12(3)17(15(6)22)13(4)21-18/h7-9,14,20-21H,1-6H3/t14-/m1/s1. The summed E-state index contributed by atoms with van der Waals surface area (Å²) >= 11 is 0. The van der Waals surface area contributed by atoms with E-state index in [1.165, 1.54) is 6.92 Å². The van der Waals surface area contributed by atoms with Crippen molar-refractivity contribution in [3.8, 4) is 0 Å². The van der Waals surface area contributed by atoms with Crippen molar-refractivity contribution < 1.29 is 9.59 Å². The molecule has 0 saturated carbocycles. The number of Topliss-reactive ketones (excluding diaryl/α,β-unsaturated/α-hetero) is 2. The maximum atomic E-state index is 12.7. The molecule has 0 aliphatic heterocycles. The third-order valence-corrected chi connectivity index (χ3v) is 4.19. The zero-order chi connectivity index (χ0) is 17.3. The van der Waals surface area contributed by atoms with E-state index < -0.39 is 0 Å². The van der Waals surface area contributed by atoms with E-state index in [1.807, 2.05) is 52.8 Å². The Morgan fingerprint density at radius 2 is 1.78 bits per heavy atom. The second-order valence-electron chi connectivity index (χ2n) is 6.23. The maximum Gasteiger partial charge on any atom is 0.201 e. The molecule has 4 nitrogen and oxygen atoms in total. The van der Waals surface area contributed by atoms with Gasteiger partial charge in [0.2, 0.25) is 5.78 Å². The fraction of sp³-hybridized carbons (Fsp3) is 0.368. The molecule has 2 aromatic rings. The van der Waals surface area contributed by atoms with Crippen LogP contribution in [-0.2, 0) is 0 Å². The van der Waals surface area contributed by atoms with Gasteiger partial charge in [0.05, 0.1) is 11.7 Å². The Balaban J connectivity index is 2.28. The van der Waals surface area contributed by atoms with E-state index in [4.69, 9.17) is 0 Å². The van der Waals surface area contributed by atoms with Crippen molar-refractivity contribution in [3.05, 3.63) is 51.8 Å². The van der Waals surface area contributed by atoms with Crippen molar-refractivity contribution in [1.29, 1.82) is 0 Å². The minimum absolute atomic E-state index is 0.0227. The second-order valence-corrected chi connectivity index (χ2v) is 6.23. The fourth-order valence-electron chi connectivity index (χ4n) is 2.93. The Hall–Kier alpha value is -2.36. The van der Waals surface area contributed by atoms with Gasteiger partial charge >= 0.3 is 0 Å². The summed E-state index contributed by atoms with van der Waals surface area (Å²) in [5, 5.41) is 3.28. The third-order valence-electron chi connectivity index (χ3n) is 4.19. The van der Waals surface area contributed by atoms with Crippen LogP contribution < -0.4 is 5.32 Å². The number of rotatable bonds is 5. The molecule has 0 unspecified atom stereocenters. The van der Waals surface area contributed by atoms with Crippen LogP contribution in [0, 0.1) is 27.7 Å². The lowest BCUT2D eigenvalue weighted by Crippen LogP contribution is -2.27. The smallest absolute Gasteiger partial charge is 0.201 e. The molecule has 1 aromatic carbocycles. The number of hydrogen-bond donors (Lipinski definition) is 2. The van der Waals surface area contributed by atoms with Gasteiger partial charge in [-0.05, 0) is 64.3 Å². The number of H-pyrrole nitrogens is 1. The van der Waals surface area contributed by atoms with Crippen LogP contribution in [0.1, 0.15) is 57.1 Å². The quantitative estimate of drug-likeness (QED) is 0.816. The summed E-state index contributed by atoms with van der Waals surface area (Å²) in [7, 11) is 0. The van der Waals surface area contributed by atoms with Gasteiger partial charge in [0, 0.05) is 16.9 Å². The van der Waals surface area contributed by atoms with Crippen molar-refractivity contribution >= 4 is 17.3 Å². The van der Waals surface area contributed by atoms with Gasteiger partial charge < -0.3 is 10.3 Å². The number of carbonyl (C=O) groups excluding carboxylic acids is 2. The van der Waals surface area contributed by atoms with Crippen LogP contribution in [0.25, 0.3) is 0 Å². The SMILES string of the molecule is CC(=O)c1c(C)[nH]c(C(=O)[C@@H](C)Nc2cc(C)ccc2C)c1C. The summed E-state index contributed by atoms with van der Waals surface area (Å²) in [5.74, 6) is -0.0653. The molecule has 0 aliphatic rings. The number of aromatic nitrogens is 1. The van der Waals surface area contributed by atoms with Crippen molar-refractivity contribution in [3.63, 3.8) is 0 Å². The maximum absolute atomic E-state index is 12.7. The lowest BCUT2D eigenvalue weighted by atomic mass is 10.0. The first kappa shape index (κ1) is 17.0. The molecule has 0 bridgehead atoms. The minimum atomic E-state index is -0.382. The second kappa shape index (κ2) is 6.41. The number of carbonyl (C=O) groups is 2. The van der Waals surface area contributed by atoms with Crippen LogP contribution in [0.2, 0.25) is 0 Å². The highest BCUT2D eigenvalue weighted by Crippen LogP contribution is 2.22. The van der Waals surface area contributed by atoms with Gasteiger partial charge in [-0.2, -0.15) is 0 Å². The Labute approximate surface area is 137 Å². The summed E-state index contributed by atoms with van der Waals surface area (Å²) in [6, 6.07) is 5.73. The molecule has 2 rings (SSSR count). The topological polar surface area (TPSA) is 62.0 Å². The molecule has 1 heterocycles. The number of hydrogen-bond acceptors (Lipinski definition) is 3. The summed E-state index contributed by atoms with van der Waals surface area (Å²) in [4.78, 5) is 27.5. The normalized spacial score (nSPS) is 12.1. The van der Waals surface area contributed by atoms with Gasteiger partial charge in [-0.3, -0.25) is 9.59 Å². The van der Waals surface area contributed by atoms with Crippen molar-refractivity contribution in [1.82, 2.24) is 4.98 Å². The predicted molar refractivity (Wildman–Crippen MR) is 93.6 cm³/mol. The molecule has 0 aliphatic carbocycles. The first-order chi connectivity index (χ1) is 10.7. The van der Waals surface area contributed by atoms with Gasteiger partial charge in [0.15, 0.2) is 5.78 Å². The molecular formula is C19H24N2O2. The van der Waals surface area contributed by atoms with Crippen LogP contribution in [-0.4, -0.2) is 22.6 Å². The Morgan fingerprint density at radius 1 is 1.13 bits per heavy atom. The van der Waals surface area contributed by atoms with Crippen LogP contribution in [0.3, 0.4) is 0 Å². The largest absolute Gasteiger partial charge is 0.375 e. The Morgan fingerprint density at radius 3 is 2.35 bits per heavy atom. The average molecular weight is 312 g/mol. The molecule has 23 heavy (non-hydrogen) atoms. The van der Waals surface area contributed by atoms with Crippen LogP contribution in [0.5, 0.6) is 0 Å². The number of benzene rings is 1. The average Bonchev–Trinajstić information content (AvgIpc) is 2.77. The van der Waals surface area contributed by atoms with Gasteiger partial charge in [-0.15, -0.1) is 0 Å². The molecule has 0 saturated heterocycles. The molecule has 0 radical (unpaired) electrons. The Kier molecular flexibility index (Phi) is 4.73. The lowest BCUT2D eigenvalue weighted by Gasteiger charge is -2.16. The van der Waals surface area contributed by atoms with E-state index in [0.717, 1.165) is 28.1 Å². The minimum Gasteiger partial charge on any atom is -0.375 e. The van der Waals surface area contributed by atoms with Gasteiger partial charge in [-0.25, -0.2) is 0 Å². The van der Waals surface area contributed by atoms with Crippen molar-refractivity contribution in [2.75, 3.05) is 5.32 Å². The van der Waals surface area contributed by atoms with E-state index in [0.29, 0.717) is 11.3 Å². The first-order valence-corrected chi connectivity index (χ1v) is 7.80. The van der Waals surface area contributed by atoms with E-state index in [2.05, 4.69) is 10.3 Å². The molecule has 0 fully saturated rings. The highest BCUT2D eigenvalue weighted by molar-refractivity contribution is 6.05. The van der Waals surface area contributed by atoms with E-state index in [9.17, 15) is 9.59 Å². The Bertz CT molecular complexity index is 772. The fourth-order valence-corrected chi connectivity index (χ4v) is 2.93. The molecule has 122 valence electrons. The van der Waals surface area contributed by atoms with Crippen molar-refractivity contribution in [2.45, 2.75) is 47.6 Å². The van der Waals surface area contributed by atoms with Gasteiger partial charge in [0.25, 0.3) is 0 Å². The molecular weight excluding hydrogens is 288 g/mol. The number of aromatic amines is 1. The third kappa shape index (κ3) is 3.36. The molecule has 4 heteroatoms. The van der Waals surface area contributed by atoms with E-state index in [1.54, 1.807) is 0 Å². The monoisotopic (exact) mass is 312 g/mol. The zero-order valence-electron chi connectivity index (χ0n) is 14.6. The predicted octanol–water partition coefficient (Wildman–Crippen LogP) is 4.13. The number of anilines is 1. The number of nitrogens with one attached hydrogen (secondary N) is 2. The van der Waals surface area contributed by atoms with Crippen LogP contribution in [0.4, 0.5) is 5.69 Å². The first-order valence-electron chi connectivity index (χ1n) is 7.80. The number of aryl methyl sites for hydroxylation is 3. The van der Waals surface area contributed by atoms with Gasteiger partial charge in [0.1, 0.15) is 0 Å². The van der Waals surface area contributed by atoms with Crippen LogP contribution in [0.15, 0.2) is 18.2 Å². The molecule has 0 spiro atoms. The highest BCUT2D eigenvalue weighted by atomic mass is 16.1. The summed E-state index contributed by atoms with van der Waals surface area (Å²) in [6.07, 6.45) is 0.